The first-order chi connectivity index (χ1) is 72.6. The van der Waals surface area contributed by atoms with Crippen molar-refractivity contribution < 1.29 is 9.53 Å². The molecule has 0 aliphatic rings. The molecule has 6 N–H and O–H groups in total. The summed E-state index contributed by atoms with van der Waals surface area (Å²) in [6.45, 7) is 26.5. The number of fused-ring (bicyclic) bond motifs is 20. The zero-order valence-electron chi connectivity index (χ0n) is 86.6. The van der Waals surface area contributed by atoms with Gasteiger partial charge in [0.1, 0.15) is 12.0 Å². The quantitative estimate of drug-likeness (QED) is 0.0451. The van der Waals surface area contributed by atoms with Gasteiger partial charge in [-0.25, -0.2) is 0 Å². The van der Waals surface area contributed by atoms with Crippen LogP contribution in [0.4, 0.5) is 0 Å². The lowest BCUT2D eigenvalue weighted by molar-refractivity contribution is 0.112. The molecular weight excluding hydrogens is 1830 g/mol. The molecule has 0 aliphatic carbocycles. The van der Waals surface area contributed by atoms with Gasteiger partial charge in [-0.1, -0.05) is 287 Å². The van der Waals surface area contributed by atoms with Crippen LogP contribution in [0, 0.1) is 41.5 Å². The molecule has 19 aromatic carbocycles. The standard InChI is InChI=1S/C29H23N.C27H23N.C22H21NO.C22H19NO.C20H18N2.C19H17NS/c1-18-11-13-27-25(15-18)26-17-20(12-14-28(26)30-27)19(2)29-23-9-5-3-7-21(23)16-22-8-4-6-10-24(22)29;1-18-8-14-26-24(16-18)25-17-23(13-15-27(25)28-26)19(2)20-9-11-22(12-10-20)21-6-4-3-5-7-21;1-14-4-10-21-19(12-14)20-13-17(7-11-22(20)23-21)15(2)16-5-8-18(24-3)9-6-16;1-14-3-9-21-19(11-14)20-12-18(8-10-22(20)23-21)15(2)17-6-4-16(13-24)5-7-17;1-13-3-5-19-17(11-13)18-12-16(4-6-20(18)22-19)14(2)15-7-9-21-10-8-15;1-12-3-5-18-16(9-12)17-10-14(4-6-19(17)20-18)13(2)15-7-8-21-11-15/h3-17,19,30H,1-2H3;3-17,19,28H,1-2H3;4-13,15,23H,1-3H3;3-13,15,23H,1-2H3;3-12,14,22H,1-2H3;3-11,13,20H,1-2H3. The van der Waals surface area contributed by atoms with Crippen molar-refractivity contribution in [2.24, 2.45) is 0 Å². The Morgan fingerprint density at radius 2 is 0.490 bits per heavy atom. The summed E-state index contributed by atoms with van der Waals surface area (Å²) in [5.74, 6) is 2.97. The van der Waals surface area contributed by atoms with Crippen LogP contribution in [-0.4, -0.2) is 48.3 Å². The number of rotatable bonds is 15. The van der Waals surface area contributed by atoms with E-state index in [1.54, 1.807) is 18.4 Å². The van der Waals surface area contributed by atoms with Gasteiger partial charge in [-0.2, -0.15) is 11.3 Å². The number of methoxy groups -OCH3 is 1. The van der Waals surface area contributed by atoms with E-state index >= 15 is 0 Å². The lowest BCUT2D eigenvalue weighted by Gasteiger charge is -2.19. The average Bonchev–Trinajstić information content (AvgIpc) is 1.42. The Morgan fingerprint density at radius 1 is 0.235 bits per heavy atom. The number of pyridine rings is 1. The first kappa shape index (κ1) is 96.6. The van der Waals surface area contributed by atoms with Gasteiger partial charge in [-0.05, 0) is 334 Å². The van der Waals surface area contributed by atoms with E-state index in [9.17, 15) is 4.79 Å². The van der Waals surface area contributed by atoms with Crippen LogP contribution in [0.5, 0.6) is 5.75 Å². The lowest BCUT2D eigenvalue weighted by Crippen LogP contribution is -1.99. The molecular formula is C139H121N7O2S. The van der Waals surface area contributed by atoms with Crippen molar-refractivity contribution in [3.63, 3.8) is 0 Å². The van der Waals surface area contributed by atoms with Crippen LogP contribution >= 0.6 is 11.3 Å². The fraction of sp³-hybridized carbons (Fsp3) is 0.137. The van der Waals surface area contributed by atoms with Crippen molar-refractivity contribution in [2.75, 3.05) is 7.11 Å². The van der Waals surface area contributed by atoms with Crippen LogP contribution in [0.2, 0.25) is 0 Å². The Bertz CT molecular complexity index is 9540. The van der Waals surface area contributed by atoms with Crippen LogP contribution < -0.4 is 4.74 Å². The number of nitrogens with one attached hydrogen (secondary N) is 6. The number of aromatic amines is 6. The van der Waals surface area contributed by atoms with Crippen LogP contribution in [0.15, 0.2) is 417 Å². The minimum Gasteiger partial charge on any atom is -0.497 e. The van der Waals surface area contributed by atoms with Gasteiger partial charge in [0, 0.05) is 184 Å². The molecule has 6 unspecified atom stereocenters. The fourth-order valence-electron chi connectivity index (χ4n) is 22.0. The number of hydrogen-bond donors (Lipinski definition) is 6. The highest BCUT2D eigenvalue weighted by molar-refractivity contribution is 7.08. The first-order valence-corrected chi connectivity index (χ1v) is 52.9. The first-order valence-electron chi connectivity index (χ1n) is 51.9. The number of nitrogens with zero attached hydrogens (tertiary/aromatic N) is 1. The summed E-state index contributed by atoms with van der Waals surface area (Å²) in [6, 6.07) is 142. The highest BCUT2D eigenvalue weighted by atomic mass is 32.1. The Kier molecular flexibility index (Phi) is 27.1. The van der Waals surface area contributed by atoms with Gasteiger partial charge in [0.05, 0.1) is 7.11 Å². The molecule has 149 heavy (non-hydrogen) atoms. The van der Waals surface area contributed by atoms with Gasteiger partial charge in [0.25, 0.3) is 0 Å². The Morgan fingerprint density at radius 3 is 0.792 bits per heavy atom. The second kappa shape index (κ2) is 41.7. The summed E-state index contributed by atoms with van der Waals surface area (Å²) in [5.41, 5.74) is 41.4. The van der Waals surface area contributed by atoms with Crippen LogP contribution in [0.25, 0.3) is 164 Å². The second-order valence-corrected chi connectivity index (χ2v) is 41.6. The fourth-order valence-corrected chi connectivity index (χ4v) is 22.7. The molecule has 0 bridgehead atoms. The molecule has 0 saturated carbocycles. The number of carbonyl (C=O) groups is 1. The third kappa shape index (κ3) is 20.0. The van der Waals surface area contributed by atoms with Crippen molar-refractivity contribution in [2.45, 2.75) is 119 Å². The smallest absolute Gasteiger partial charge is 0.150 e. The van der Waals surface area contributed by atoms with Gasteiger partial charge >= 0.3 is 0 Å². The number of hydrogen-bond acceptors (Lipinski definition) is 4. The topological polar surface area (TPSA) is 134 Å². The summed E-state index contributed by atoms with van der Waals surface area (Å²) >= 11 is 1.77. The van der Waals surface area contributed by atoms with Gasteiger partial charge in [-0.3, -0.25) is 9.78 Å². The maximum atomic E-state index is 10.8. The van der Waals surface area contributed by atoms with Gasteiger partial charge in [-0.15, -0.1) is 0 Å². The third-order valence-electron chi connectivity index (χ3n) is 30.9. The predicted octanol–water partition coefficient (Wildman–Crippen LogP) is 37.9. The van der Waals surface area contributed by atoms with Gasteiger partial charge in [0.2, 0.25) is 0 Å². The lowest BCUT2D eigenvalue weighted by atomic mass is 9.85. The maximum Gasteiger partial charge on any atom is 0.150 e. The molecule has 27 aromatic rings. The van der Waals surface area contributed by atoms with Gasteiger partial charge < -0.3 is 34.6 Å². The SMILES string of the molecule is COc1ccc(C(C)c2ccc3[nH]c4ccc(C)cc4c3c2)cc1.Cc1ccc2[nH]c3ccc(C(C)c4c5ccccc5cc5ccccc45)cc3c2c1.Cc1ccc2[nH]c3ccc(C(C)c4ccc(-c5ccccc5)cc4)cc3c2c1.Cc1ccc2[nH]c3ccc(C(C)c4ccc(C=O)cc4)cc3c2c1.Cc1ccc2[nH]c3ccc(C(C)c4ccncc4)cc3c2c1.Cc1ccc2[nH]c3ccc(C(C)c4ccsc4)cc3c2c1. The molecule has 0 saturated heterocycles. The number of aromatic nitrogens is 7. The normalized spacial score (nSPS) is 12.7. The molecule has 6 atom stereocenters. The van der Waals surface area contributed by atoms with E-state index < -0.39 is 0 Å². The minimum absolute atomic E-state index is 0.282. The highest BCUT2D eigenvalue weighted by Gasteiger charge is 2.23. The number of carbonyl (C=O) groups excluding carboxylic acids is 1. The van der Waals surface area contributed by atoms with Crippen LogP contribution in [0.3, 0.4) is 0 Å². The van der Waals surface area contributed by atoms with Crippen molar-refractivity contribution in [1.29, 1.82) is 0 Å². The summed E-state index contributed by atoms with van der Waals surface area (Å²) in [5, 5.41) is 25.3. The number of H-pyrrole nitrogens is 6. The van der Waals surface area contributed by atoms with E-state index in [1.165, 1.54) is 264 Å². The van der Waals surface area contributed by atoms with E-state index in [0.717, 1.165) is 12.0 Å². The number of aryl methyl sites for hydroxylation is 6. The average molecular weight is 1950 g/mol. The van der Waals surface area contributed by atoms with Crippen molar-refractivity contribution >= 4 is 170 Å². The predicted molar refractivity (Wildman–Crippen MR) is 635 cm³/mol. The van der Waals surface area contributed by atoms with E-state index in [0.29, 0.717) is 35.2 Å². The molecule has 0 spiro atoms. The largest absolute Gasteiger partial charge is 0.497 e. The van der Waals surface area contributed by atoms with Gasteiger partial charge in [0.15, 0.2) is 0 Å². The highest BCUT2D eigenvalue weighted by Crippen LogP contribution is 2.44. The van der Waals surface area contributed by atoms with E-state index in [4.69, 9.17) is 4.74 Å². The number of benzene rings is 19. The molecule has 9 nitrogen and oxygen atoms in total. The monoisotopic (exact) mass is 1950 g/mol. The summed E-state index contributed by atoms with van der Waals surface area (Å²) in [6.07, 6.45) is 4.60. The number of thiophene rings is 1. The van der Waals surface area contributed by atoms with Crippen LogP contribution in [-0.2, 0) is 0 Å². The molecule has 8 aromatic heterocycles. The number of ether oxygens (including phenoxy) is 1. The van der Waals surface area contributed by atoms with Crippen molar-refractivity contribution in [3.05, 3.63) is 523 Å². The molecule has 0 fully saturated rings. The van der Waals surface area contributed by atoms with Crippen LogP contribution in [0.1, 0.15) is 188 Å². The van der Waals surface area contributed by atoms with E-state index in [1.807, 2.05) is 48.8 Å². The Hall–Kier alpha value is -17.2. The number of aldehydes is 1. The maximum absolute atomic E-state index is 10.8. The summed E-state index contributed by atoms with van der Waals surface area (Å²) in [7, 11) is 1.70. The molecule has 0 radical (unpaired) electrons. The Labute approximate surface area is 873 Å². The summed E-state index contributed by atoms with van der Waals surface area (Å²) < 4.78 is 5.26. The molecule has 0 amide bonds. The van der Waals surface area contributed by atoms with E-state index in [2.05, 4.69) is 487 Å². The summed E-state index contributed by atoms with van der Waals surface area (Å²) in [4.78, 5) is 36.0. The third-order valence-corrected chi connectivity index (χ3v) is 31.6. The second-order valence-electron chi connectivity index (χ2n) is 40.8. The minimum atomic E-state index is 0.282. The molecule has 10 heteroatoms. The zero-order valence-corrected chi connectivity index (χ0v) is 87.4. The molecule has 730 valence electrons. The molecule has 0 aliphatic heterocycles. The van der Waals surface area contributed by atoms with Crippen molar-refractivity contribution in [3.8, 4) is 16.9 Å². The zero-order chi connectivity index (χ0) is 102. The van der Waals surface area contributed by atoms with E-state index in [-0.39, 0.29) is 5.92 Å². The Balaban J connectivity index is 0.000000102. The molecule has 8 heterocycles. The molecule has 27 rings (SSSR count). The van der Waals surface area contributed by atoms with Crippen molar-refractivity contribution in [1.82, 2.24) is 34.9 Å².